The zero-order chi connectivity index (χ0) is 20.5. The van der Waals surface area contributed by atoms with Crippen molar-refractivity contribution in [2.45, 2.75) is 32.6 Å². The molecule has 1 unspecified atom stereocenters. The number of hydrogen-bond acceptors (Lipinski definition) is 6. The van der Waals surface area contributed by atoms with Crippen molar-refractivity contribution in [3.05, 3.63) is 18.2 Å². The number of carbonyl (C=O) groups is 2. The Balaban J connectivity index is 1.91. The third-order valence-corrected chi connectivity index (χ3v) is 4.27. The van der Waals surface area contributed by atoms with Crippen LogP contribution in [0.15, 0.2) is 18.2 Å². The van der Waals surface area contributed by atoms with E-state index >= 15 is 0 Å². The first-order chi connectivity index (χ1) is 13.5. The molecule has 0 saturated carbocycles. The van der Waals surface area contributed by atoms with Gasteiger partial charge in [-0.05, 0) is 26.0 Å². The van der Waals surface area contributed by atoms with Crippen LogP contribution in [0.1, 0.15) is 20.3 Å². The van der Waals surface area contributed by atoms with Gasteiger partial charge in [0.25, 0.3) is 0 Å². The first-order valence-corrected chi connectivity index (χ1v) is 9.32. The molecule has 1 aromatic carbocycles. The molecule has 0 aromatic heterocycles. The monoisotopic (exact) mass is 395 g/mol. The van der Waals surface area contributed by atoms with Gasteiger partial charge in [0.05, 0.1) is 26.8 Å². The second-order valence-corrected chi connectivity index (χ2v) is 6.14. The summed E-state index contributed by atoms with van der Waals surface area (Å²) in [4.78, 5) is 26.2. The lowest BCUT2D eigenvalue weighted by Gasteiger charge is -2.20. The number of amides is 3. The molecule has 2 rings (SSSR count). The zero-order valence-electron chi connectivity index (χ0n) is 16.8. The number of nitrogens with one attached hydrogen (secondary N) is 2. The van der Waals surface area contributed by atoms with Gasteiger partial charge in [-0.25, -0.2) is 4.79 Å². The Morgan fingerprint density at radius 3 is 2.46 bits per heavy atom. The van der Waals surface area contributed by atoms with Gasteiger partial charge in [0, 0.05) is 37.9 Å². The van der Waals surface area contributed by atoms with Crippen LogP contribution in [0.25, 0.3) is 0 Å². The molecule has 1 aliphatic heterocycles. The van der Waals surface area contributed by atoms with Crippen LogP contribution in [0.5, 0.6) is 11.5 Å². The molecule has 1 fully saturated rings. The molecule has 2 N–H and O–H groups in total. The number of nitrogens with zero attached hydrogens (tertiary/aromatic N) is 1. The van der Waals surface area contributed by atoms with E-state index in [9.17, 15) is 9.59 Å². The summed E-state index contributed by atoms with van der Waals surface area (Å²) in [5.41, 5.74) is 0.695. The highest BCUT2D eigenvalue weighted by Crippen LogP contribution is 2.33. The van der Waals surface area contributed by atoms with E-state index in [4.69, 9.17) is 18.9 Å². The summed E-state index contributed by atoms with van der Waals surface area (Å²) in [6.07, 6.45) is -0.267. The fourth-order valence-electron chi connectivity index (χ4n) is 3.00. The van der Waals surface area contributed by atoms with Crippen molar-refractivity contribution in [1.29, 1.82) is 0 Å². The maximum Gasteiger partial charge on any atom is 0.315 e. The fourth-order valence-corrected chi connectivity index (χ4v) is 3.00. The number of anilines is 1. The van der Waals surface area contributed by atoms with Gasteiger partial charge in [-0.3, -0.25) is 4.79 Å². The van der Waals surface area contributed by atoms with Gasteiger partial charge in [-0.1, -0.05) is 0 Å². The number of ether oxygens (including phenoxy) is 4. The van der Waals surface area contributed by atoms with Crippen molar-refractivity contribution in [2.24, 2.45) is 0 Å². The van der Waals surface area contributed by atoms with Crippen LogP contribution in [0.2, 0.25) is 0 Å². The fraction of sp³-hybridized carbons (Fsp3) is 0.579. The second-order valence-electron chi connectivity index (χ2n) is 6.14. The van der Waals surface area contributed by atoms with Crippen LogP contribution < -0.4 is 25.0 Å². The molecule has 0 aliphatic carbocycles. The van der Waals surface area contributed by atoms with Crippen LogP contribution >= 0.6 is 0 Å². The number of urea groups is 1. The molecular weight excluding hydrogens is 366 g/mol. The first-order valence-electron chi connectivity index (χ1n) is 9.32. The minimum absolute atomic E-state index is 0.0703. The first kappa shape index (κ1) is 21.8. The van der Waals surface area contributed by atoms with Crippen molar-refractivity contribution < 1.29 is 28.5 Å². The van der Waals surface area contributed by atoms with E-state index in [1.807, 2.05) is 13.8 Å². The lowest BCUT2D eigenvalue weighted by Crippen LogP contribution is -2.46. The number of carbonyl (C=O) groups excluding carboxylic acids is 2. The molecule has 1 heterocycles. The van der Waals surface area contributed by atoms with Gasteiger partial charge in [0.1, 0.15) is 0 Å². The molecule has 0 spiro atoms. The van der Waals surface area contributed by atoms with Crippen LogP contribution in [-0.2, 0) is 14.3 Å². The van der Waals surface area contributed by atoms with Gasteiger partial charge in [-0.2, -0.15) is 0 Å². The Hall–Kier alpha value is -2.52. The van der Waals surface area contributed by atoms with Crippen molar-refractivity contribution in [3.63, 3.8) is 0 Å². The van der Waals surface area contributed by atoms with Crippen LogP contribution in [-0.4, -0.2) is 64.8 Å². The Kier molecular flexibility index (Phi) is 8.34. The molecule has 1 aliphatic rings. The lowest BCUT2D eigenvalue weighted by molar-refractivity contribution is -0.131. The number of methoxy groups -OCH3 is 2. The van der Waals surface area contributed by atoms with E-state index < -0.39 is 6.29 Å². The topological polar surface area (TPSA) is 98.4 Å². The molecule has 3 amide bonds. The molecule has 28 heavy (non-hydrogen) atoms. The van der Waals surface area contributed by atoms with Crippen molar-refractivity contribution in [1.82, 2.24) is 10.6 Å². The summed E-state index contributed by atoms with van der Waals surface area (Å²) in [5.74, 6) is 1.06. The maximum atomic E-state index is 12.4. The van der Waals surface area contributed by atoms with E-state index in [0.29, 0.717) is 36.9 Å². The standard InChI is InChI=1S/C19H29N3O6/c1-5-27-18(28-6-2)11-20-19(24)21-13-9-17(23)22(12-13)14-7-8-15(25-3)16(10-14)26-4/h7-8,10,13,18H,5-6,9,11-12H2,1-4H3,(H2,20,21,24). The summed E-state index contributed by atoms with van der Waals surface area (Å²) in [6, 6.07) is 4.62. The number of hydrogen-bond donors (Lipinski definition) is 2. The van der Waals surface area contributed by atoms with E-state index in [2.05, 4.69) is 10.6 Å². The predicted molar refractivity (Wildman–Crippen MR) is 104 cm³/mol. The Labute approximate surface area is 165 Å². The third-order valence-electron chi connectivity index (χ3n) is 4.27. The van der Waals surface area contributed by atoms with Gasteiger partial charge in [-0.15, -0.1) is 0 Å². The largest absolute Gasteiger partial charge is 0.493 e. The van der Waals surface area contributed by atoms with Gasteiger partial charge in [0.2, 0.25) is 5.91 Å². The predicted octanol–water partition coefficient (Wildman–Crippen LogP) is 1.51. The Morgan fingerprint density at radius 2 is 1.86 bits per heavy atom. The summed E-state index contributed by atoms with van der Waals surface area (Å²) in [6.45, 7) is 5.31. The third kappa shape index (κ3) is 5.74. The summed E-state index contributed by atoms with van der Waals surface area (Å²) >= 11 is 0. The quantitative estimate of drug-likeness (QED) is 0.583. The molecule has 0 radical (unpaired) electrons. The van der Waals surface area contributed by atoms with E-state index in [1.165, 1.54) is 0 Å². The molecular formula is C19H29N3O6. The molecule has 0 bridgehead atoms. The van der Waals surface area contributed by atoms with Gasteiger partial charge >= 0.3 is 6.03 Å². The lowest BCUT2D eigenvalue weighted by atomic mass is 10.2. The van der Waals surface area contributed by atoms with E-state index in [-0.39, 0.29) is 30.9 Å². The average molecular weight is 395 g/mol. The molecule has 9 heteroatoms. The normalized spacial score (nSPS) is 16.4. The number of benzene rings is 1. The van der Waals surface area contributed by atoms with E-state index in [0.717, 1.165) is 0 Å². The average Bonchev–Trinajstić information content (AvgIpc) is 3.05. The smallest absolute Gasteiger partial charge is 0.315 e. The van der Waals surface area contributed by atoms with E-state index in [1.54, 1.807) is 37.3 Å². The van der Waals surface area contributed by atoms with Gasteiger partial charge < -0.3 is 34.5 Å². The second kappa shape index (κ2) is 10.7. The van der Waals surface area contributed by atoms with Crippen LogP contribution in [0, 0.1) is 0 Å². The molecule has 9 nitrogen and oxygen atoms in total. The molecule has 1 aromatic rings. The summed E-state index contributed by atoms with van der Waals surface area (Å²) < 4.78 is 21.3. The highest BCUT2D eigenvalue weighted by Gasteiger charge is 2.32. The highest BCUT2D eigenvalue weighted by atomic mass is 16.7. The SMILES string of the molecule is CCOC(CNC(=O)NC1CC(=O)N(c2ccc(OC)c(OC)c2)C1)OCC. The van der Waals surface area contributed by atoms with Crippen molar-refractivity contribution >= 4 is 17.6 Å². The molecule has 1 saturated heterocycles. The molecule has 1 atom stereocenters. The minimum Gasteiger partial charge on any atom is -0.493 e. The summed E-state index contributed by atoms with van der Waals surface area (Å²) in [7, 11) is 3.10. The van der Waals surface area contributed by atoms with Crippen molar-refractivity contribution in [3.8, 4) is 11.5 Å². The summed E-state index contributed by atoms with van der Waals surface area (Å²) in [5, 5.41) is 5.54. The van der Waals surface area contributed by atoms with Crippen LogP contribution in [0.3, 0.4) is 0 Å². The van der Waals surface area contributed by atoms with Gasteiger partial charge in [0.15, 0.2) is 17.8 Å². The Bertz CT molecular complexity index is 663. The Morgan fingerprint density at radius 1 is 1.18 bits per heavy atom. The zero-order valence-corrected chi connectivity index (χ0v) is 16.8. The number of rotatable bonds is 10. The maximum absolute atomic E-state index is 12.4. The molecule has 156 valence electrons. The highest BCUT2D eigenvalue weighted by molar-refractivity contribution is 5.97. The minimum atomic E-state index is -0.491. The van der Waals surface area contributed by atoms with Crippen molar-refractivity contribution in [2.75, 3.05) is 45.4 Å². The van der Waals surface area contributed by atoms with Crippen LogP contribution in [0.4, 0.5) is 10.5 Å².